The highest BCUT2D eigenvalue weighted by Gasteiger charge is 2.40. The number of nitrogens with zero attached hydrogens (tertiary/aromatic N) is 2. The molecule has 1 fully saturated rings. The molecule has 0 spiro atoms. The molecule has 1 aliphatic rings. The van der Waals surface area contributed by atoms with Crippen LogP contribution in [0.4, 0.5) is 0 Å². The van der Waals surface area contributed by atoms with E-state index in [1.165, 1.54) is 24.8 Å². The number of imidazole rings is 1. The standard InChI is InChI=1S/C16H21ClN2O/c1-4-16(8-5-9-16)19-14-7-6-12(20-3)10-13(14)18-15(19)11(2)17/h6-7,10-11H,4-5,8-9H2,1-3H3. The van der Waals surface area contributed by atoms with E-state index in [1.54, 1.807) is 7.11 Å². The van der Waals surface area contributed by atoms with E-state index in [-0.39, 0.29) is 10.9 Å². The normalized spacial score (nSPS) is 18.8. The SMILES string of the molecule is CCC1(n2c(C(C)Cl)nc3cc(OC)ccc32)CCC1. The minimum absolute atomic E-state index is 0.0857. The molecule has 1 aromatic carbocycles. The number of fused-ring (bicyclic) bond motifs is 1. The quantitative estimate of drug-likeness (QED) is 0.768. The lowest BCUT2D eigenvalue weighted by atomic mass is 9.74. The van der Waals surface area contributed by atoms with Gasteiger partial charge in [-0.2, -0.15) is 0 Å². The lowest BCUT2D eigenvalue weighted by Gasteiger charge is -2.44. The van der Waals surface area contributed by atoms with Crippen LogP contribution in [0, 0.1) is 0 Å². The van der Waals surface area contributed by atoms with Gasteiger partial charge in [0.1, 0.15) is 11.6 Å². The fraction of sp³-hybridized carbons (Fsp3) is 0.562. The summed E-state index contributed by atoms with van der Waals surface area (Å²) in [5.74, 6) is 1.83. The Kier molecular flexibility index (Phi) is 3.41. The zero-order valence-corrected chi connectivity index (χ0v) is 13.1. The van der Waals surface area contributed by atoms with E-state index in [0.717, 1.165) is 23.5 Å². The highest BCUT2D eigenvalue weighted by molar-refractivity contribution is 6.20. The third-order valence-electron chi connectivity index (χ3n) is 4.66. The van der Waals surface area contributed by atoms with Gasteiger partial charge in [-0.05, 0) is 44.7 Å². The fourth-order valence-corrected chi connectivity index (χ4v) is 3.44. The van der Waals surface area contributed by atoms with Crippen LogP contribution in [0.25, 0.3) is 11.0 Å². The number of aromatic nitrogens is 2. The molecule has 0 aliphatic heterocycles. The first-order chi connectivity index (χ1) is 9.61. The van der Waals surface area contributed by atoms with Gasteiger partial charge < -0.3 is 9.30 Å². The number of alkyl halides is 1. The number of ether oxygens (including phenoxy) is 1. The number of hydrogen-bond donors (Lipinski definition) is 0. The second-order valence-corrected chi connectivity index (χ2v) is 6.36. The Balaban J connectivity index is 2.24. The third kappa shape index (κ3) is 1.91. The molecule has 3 rings (SSSR count). The summed E-state index contributed by atoms with van der Waals surface area (Å²) in [5.41, 5.74) is 2.36. The first kappa shape index (κ1) is 13.7. The van der Waals surface area contributed by atoms with Gasteiger partial charge in [0, 0.05) is 11.6 Å². The van der Waals surface area contributed by atoms with Crippen LogP contribution in [0.2, 0.25) is 0 Å². The van der Waals surface area contributed by atoms with E-state index in [1.807, 2.05) is 19.1 Å². The Morgan fingerprint density at radius 1 is 1.45 bits per heavy atom. The average Bonchev–Trinajstić information content (AvgIpc) is 2.77. The molecule has 1 aliphatic carbocycles. The van der Waals surface area contributed by atoms with E-state index in [4.69, 9.17) is 21.3 Å². The van der Waals surface area contributed by atoms with Crippen molar-refractivity contribution in [2.24, 2.45) is 0 Å². The Morgan fingerprint density at radius 3 is 2.70 bits per heavy atom. The van der Waals surface area contributed by atoms with E-state index < -0.39 is 0 Å². The van der Waals surface area contributed by atoms with Gasteiger partial charge in [0.05, 0.1) is 23.5 Å². The van der Waals surface area contributed by atoms with Crippen molar-refractivity contribution >= 4 is 22.6 Å². The summed E-state index contributed by atoms with van der Waals surface area (Å²) in [7, 11) is 1.68. The molecular formula is C16H21ClN2O. The summed E-state index contributed by atoms with van der Waals surface area (Å²) in [6, 6.07) is 6.11. The van der Waals surface area contributed by atoms with E-state index in [2.05, 4.69) is 17.6 Å². The molecule has 4 heteroatoms. The summed E-state index contributed by atoms with van der Waals surface area (Å²) in [5, 5.41) is -0.0857. The Labute approximate surface area is 124 Å². The molecule has 0 saturated heterocycles. The molecule has 1 heterocycles. The summed E-state index contributed by atoms with van der Waals surface area (Å²) < 4.78 is 7.69. The zero-order chi connectivity index (χ0) is 14.3. The monoisotopic (exact) mass is 292 g/mol. The van der Waals surface area contributed by atoms with Crippen molar-refractivity contribution in [3.05, 3.63) is 24.0 Å². The molecule has 0 amide bonds. The van der Waals surface area contributed by atoms with Crippen molar-refractivity contribution in [1.29, 1.82) is 0 Å². The van der Waals surface area contributed by atoms with Crippen LogP contribution in [0.5, 0.6) is 5.75 Å². The fourth-order valence-electron chi connectivity index (χ4n) is 3.29. The first-order valence-electron chi connectivity index (χ1n) is 7.32. The molecule has 20 heavy (non-hydrogen) atoms. The van der Waals surface area contributed by atoms with Gasteiger partial charge in [0.15, 0.2) is 0 Å². The van der Waals surface area contributed by atoms with E-state index >= 15 is 0 Å². The van der Waals surface area contributed by atoms with Crippen LogP contribution in [0.15, 0.2) is 18.2 Å². The van der Waals surface area contributed by atoms with Crippen LogP contribution < -0.4 is 4.74 Å². The maximum absolute atomic E-state index is 6.38. The van der Waals surface area contributed by atoms with Crippen molar-refractivity contribution < 1.29 is 4.74 Å². The van der Waals surface area contributed by atoms with Crippen LogP contribution in [0.1, 0.15) is 50.7 Å². The van der Waals surface area contributed by atoms with Crippen molar-refractivity contribution in [1.82, 2.24) is 9.55 Å². The lowest BCUT2D eigenvalue weighted by molar-refractivity contribution is 0.137. The second kappa shape index (κ2) is 4.96. The van der Waals surface area contributed by atoms with Gasteiger partial charge in [0.25, 0.3) is 0 Å². The maximum atomic E-state index is 6.38. The molecule has 3 nitrogen and oxygen atoms in total. The van der Waals surface area contributed by atoms with Crippen molar-refractivity contribution in [2.75, 3.05) is 7.11 Å². The van der Waals surface area contributed by atoms with E-state index in [0.29, 0.717) is 0 Å². The molecule has 1 saturated carbocycles. The third-order valence-corrected chi connectivity index (χ3v) is 4.86. The average molecular weight is 293 g/mol. The predicted molar refractivity (Wildman–Crippen MR) is 82.7 cm³/mol. The molecule has 0 radical (unpaired) electrons. The minimum Gasteiger partial charge on any atom is -0.497 e. The number of rotatable bonds is 4. The van der Waals surface area contributed by atoms with Crippen molar-refractivity contribution in [3.63, 3.8) is 0 Å². The number of halogens is 1. The highest BCUT2D eigenvalue weighted by atomic mass is 35.5. The highest BCUT2D eigenvalue weighted by Crippen LogP contribution is 2.46. The van der Waals surface area contributed by atoms with Crippen LogP contribution in [0.3, 0.4) is 0 Å². The van der Waals surface area contributed by atoms with Gasteiger partial charge >= 0.3 is 0 Å². The van der Waals surface area contributed by atoms with Gasteiger partial charge in [-0.1, -0.05) is 6.92 Å². The zero-order valence-electron chi connectivity index (χ0n) is 12.3. The van der Waals surface area contributed by atoms with Crippen molar-refractivity contribution in [2.45, 2.75) is 50.4 Å². The van der Waals surface area contributed by atoms with Crippen LogP contribution in [-0.4, -0.2) is 16.7 Å². The smallest absolute Gasteiger partial charge is 0.128 e. The van der Waals surface area contributed by atoms with E-state index in [9.17, 15) is 0 Å². The number of methoxy groups -OCH3 is 1. The summed E-state index contributed by atoms with van der Waals surface area (Å²) in [6.07, 6.45) is 4.86. The van der Waals surface area contributed by atoms with Gasteiger partial charge in [0.2, 0.25) is 0 Å². The molecule has 108 valence electrons. The van der Waals surface area contributed by atoms with Gasteiger partial charge in [-0.15, -0.1) is 11.6 Å². The Morgan fingerprint density at radius 2 is 2.20 bits per heavy atom. The molecule has 0 bridgehead atoms. The molecule has 1 atom stereocenters. The summed E-state index contributed by atoms with van der Waals surface area (Å²) >= 11 is 6.38. The first-order valence-corrected chi connectivity index (χ1v) is 7.76. The van der Waals surface area contributed by atoms with Crippen molar-refractivity contribution in [3.8, 4) is 5.75 Å². The van der Waals surface area contributed by atoms with Crippen LogP contribution >= 0.6 is 11.6 Å². The maximum Gasteiger partial charge on any atom is 0.128 e. The molecule has 2 aromatic rings. The number of hydrogen-bond acceptors (Lipinski definition) is 2. The van der Waals surface area contributed by atoms with Gasteiger partial charge in [-0.25, -0.2) is 4.98 Å². The molecule has 0 N–H and O–H groups in total. The molecule has 1 aromatic heterocycles. The lowest BCUT2D eigenvalue weighted by Crippen LogP contribution is -2.41. The second-order valence-electron chi connectivity index (χ2n) is 5.71. The predicted octanol–water partition coefficient (Wildman–Crippen LogP) is 4.63. The minimum atomic E-state index is -0.0857. The topological polar surface area (TPSA) is 27.1 Å². The Hall–Kier alpha value is -1.22. The molecule has 1 unspecified atom stereocenters. The van der Waals surface area contributed by atoms with Gasteiger partial charge in [-0.3, -0.25) is 0 Å². The molecular weight excluding hydrogens is 272 g/mol. The number of benzene rings is 1. The Bertz CT molecular complexity index is 623. The summed E-state index contributed by atoms with van der Waals surface area (Å²) in [4.78, 5) is 4.77. The summed E-state index contributed by atoms with van der Waals surface area (Å²) in [6.45, 7) is 4.26. The van der Waals surface area contributed by atoms with Crippen LogP contribution in [-0.2, 0) is 5.54 Å². The largest absolute Gasteiger partial charge is 0.497 e.